The van der Waals surface area contributed by atoms with Crippen LogP contribution in [0.3, 0.4) is 0 Å². The third-order valence-electron chi connectivity index (χ3n) is 3.81. The summed E-state index contributed by atoms with van der Waals surface area (Å²) in [5, 5.41) is 0.817. The third kappa shape index (κ3) is 2.27. The Bertz CT molecular complexity index is 802. The van der Waals surface area contributed by atoms with Gasteiger partial charge in [-0.15, -0.1) is 0 Å². The minimum absolute atomic E-state index is 0.0873. The van der Waals surface area contributed by atoms with Gasteiger partial charge in [-0.25, -0.2) is 0 Å². The highest BCUT2D eigenvalue weighted by Gasteiger charge is 2.17. The summed E-state index contributed by atoms with van der Waals surface area (Å²) in [6.45, 7) is 2.08. The number of ketones is 1. The van der Waals surface area contributed by atoms with Gasteiger partial charge >= 0.3 is 0 Å². The second-order valence-electron chi connectivity index (χ2n) is 5.04. The van der Waals surface area contributed by atoms with Gasteiger partial charge < -0.3 is 4.57 Å². The summed E-state index contributed by atoms with van der Waals surface area (Å²) in [4.78, 5) is 22.7. The molecule has 0 fully saturated rings. The minimum Gasteiger partial charge on any atom is -0.339 e. The lowest BCUT2D eigenvalue weighted by Gasteiger charge is -2.15. The van der Waals surface area contributed by atoms with Crippen molar-refractivity contribution in [3.8, 4) is 0 Å². The maximum absolute atomic E-state index is 11.8. The molecular weight excluding hydrogens is 262 g/mol. The van der Waals surface area contributed by atoms with E-state index >= 15 is 0 Å². The smallest absolute Gasteiger partial charge is 0.227 e. The fourth-order valence-electron chi connectivity index (χ4n) is 2.68. The molecule has 0 amide bonds. The summed E-state index contributed by atoms with van der Waals surface area (Å²) < 4.78 is 2.04. The van der Waals surface area contributed by atoms with E-state index in [0.717, 1.165) is 16.5 Å². The SMILES string of the molecule is CC(c1ccccc1)n1cc(C(=O)C=O)c2ccccc21. The number of hydrogen-bond donors (Lipinski definition) is 0. The van der Waals surface area contributed by atoms with Gasteiger partial charge in [0.15, 0.2) is 6.29 Å². The number of carbonyl (C=O) groups is 2. The van der Waals surface area contributed by atoms with Gasteiger partial charge in [-0.1, -0.05) is 48.5 Å². The van der Waals surface area contributed by atoms with Crippen LogP contribution in [0.15, 0.2) is 60.8 Å². The third-order valence-corrected chi connectivity index (χ3v) is 3.81. The molecule has 3 heteroatoms. The van der Waals surface area contributed by atoms with Crippen LogP contribution in [0.25, 0.3) is 10.9 Å². The number of aromatic nitrogens is 1. The average molecular weight is 277 g/mol. The number of carbonyl (C=O) groups excluding carboxylic acids is 2. The van der Waals surface area contributed by atoms with E-state index in [1.165, 1.54) is 0 Å². The zero-order valence-electron chi connectivity index (χ0n) is 11.7. The van der Waals surface area contributed by atoms with Crippen LogP contribution in [0.1, 0.15) is 28.9 Å². The van der Waals surface area contributed by atoms with Crippen LogP contribution in [0.4, 0.5) is 0 Å². The molecule has 0 saturated carbocycles. The molecule has 0 N–H and O–H groups in total. The number of hydrogen-bond acceptors (Lipinski definition) is 2. The van der Waals surface area contributed by atoms with Gasteiger partial charge in [0, 0.05) is 17.1 Å². The fourth-order valence-corrected chi connectivity index (χ4v) is 2.68. The molecule has 104 valence electrons. The van der Waals surface area contributed by atoms with Crippen LogP contribution in [0.5, 0.6) is 0 Å². The van der Waals surface area contributed by atoms with Crippen molar-refractivity contribution in [2.45, 2.75) is 13.0 Å². The number of rotatable bonds is 4. The van der Waals surface area contributed by atoms with Crippen LogP contribution in [-0.2, 0) is 4.79 Å². The fraction of sp³-hybridized carbons (Fsp3) is 0.111. The van der Waals surface area contributed by atoms with Crippen molar-refractivity contribution in [3.05, 3.63) is 71.9 Å². The van der Waals surface area contributed by atoms with E-state index in [9.17, 15) is 9.59 Å². The summed E-state index contributed by atoms with van der Waals surface area (Å²) in [6, 6.07) is 17.8. The van der Waals surface area contributed by atoms with Crippen LogP contribution in [0.2, 0.25) is 0 Å². The zero-order chi connectivity index (χ0) is 14.8. The first-order chi connectivity index (χ1) is 10.2. The quantitative estimate of drug-likeness (QED) is 0.415. The van der Waals surface area contributed by atoms with E-state index in [2.05, 4.69) is 19.1 Å². The second-order valence-corrected chi connectivity index (χ2v) is 5.04. The molecular formula is C18H15NO2. The molecule has 1 atom stereocenters. The Morgan fingerprint density at radius 2 is 1.71 bits per heavy atom. The zero-order valence-corrected chi connectivity index (χ0v) is 11.7. The molecule has 0 bridgehead atoms. The van der Waals surface area contributed by atoms with Crippen LogP contribution in [-0.4, -0.2) is 16.6 Å². The Morgan fingerprint density at radius 3 is 2.43 bits per heavy atom. The van der Waals surface area contributed by atoms with Gasteiger partial charge in [0.1, 0.15) is 0 Å². The predicted molar refractivity (Wildman–Crippen MR) is 82.6 cm³/mol. The van der Waals surface area contributed by atoms with Gasteiger partial charge in [0.05, 0.1) is 11.6 Å². The van der Waals surface area contributed by atoms with Gasteiger partial charge in [-0.3, -0.25) is 9.59 Å². The maximum Gasteiger partial charge on any atom is 0.227 e. The lowest BCUT2D eigenvalue weighted by atomic mass is 10.1. The van der Waals surface area contributed by atoms with Crippen molar-refractivity contribution in [3.63, 3.8) is 0 Å². The molecule has 3 aromatic rings. The monoisotopic (exact) mass is 277 g/mol. The molecule has 1 heterocycles. The largest absolute Gasteiger partial charge is 0.339 e. The lowest BCUT2D eigenvalue weighted by Crippen LogP contribution is -2.05. The number of benzene rings is 2. The minimum atomic E-state index is -0.481. The van der Waals surface area contributed by atoms with Gasteiger partial charge in [-0.2, -0.15) is 0 Å². The van der Waals surface area contributed by atoms with E-state index < -0.39 is 5.78 Å². The molecule has 1 unspecified atom stereocenters. The van der Waals surface area contributed by atoms with Crippen molar-refractivity contribution >= 4 is 23.0 Å². The standard InChI is InChI=1S/C18H15NO2/c1-13(14-7-3-2-4-8-14)19-11-16(18(21)12-20)15-9-5-6-10-17(15)19/h2-13H,1H3. The number of fused-ring (bicyclic) bond motifs is 1. The Morgan fingerprint density at radius 1 is 1.05 bits per heavy atom. The lowest BCUT2D eigenvalue weighted by molar-refractivity contribution is -0.104. The van der Waals surface area contributed by atoms with Crippen LogP contribution < -0.4 is 0 Å². The Balaban J connectivity index is 2.19. The van der Waals surface area contributed by atoms with Gasteiger partial charge in [-0.05, 0) is 18.6 Å². The number of Topliss-reactive ketones (excluding diaryl/α,β-unsaturated/α-hetero) is 1. The van der Waals surface area contributed by atoms with Crippen molar-refractivity contribution in [1.82, 2.24) is 4.57 Å². The predicted octanol–water partition coefficient (Wildman–Crippen LogP) is 3.63. The molecule has 3 rings (SSSR count). The molecule has 0 spiro atoms. The normalized spacial score (nSPS) is 12.2. The highest BCUT2D eigenvalue weighted by atomic mass is 16.2. The topological polar surface area (TPSA) is 39.1 Å². The highest BCUT2D eigenvalue weighted by Crippen LogP contribution is 2.28. The van der Waals surface area contributed by atoms with E-state index in [0.29, 0.717) is 11.8 Å². The van der Waals surface area contributed by atoms with E-state index in [4.69, 9.17) is 0 Å². The maximum atomic E-state index is 11.8. The first-order valence-corrected chi connectivity index (χ1v) is 6.86. The van der Waals surface area contributed by atoms with E-state index in [1.807, 2.05) is 47.0 Å². The van der Waals surface area contributed by atoms with Crippen LogP contribution >= 0.6 is 0 Å². The van der Waals surface area contributed by atoms with Crippen molar-refractivity contribution < 1.29 is 9.59 Å². The number of aldehydes is 1. The summed E-state index contributed by atoms with van der Waals surface area (Å²) >= 11 is 0. The molecule has 2 aromatic carbocycles. The van der Waals surface area contributed by atoms with E-state index in [1.54, 1.807) is 6.20 Å². The number of para-hydroxylation sites is 1. The average Bonchev–Trinajstić information content (AvgIpc) is 2.94. The summed E-state index contributed by atoms with van der Waals surface area (Å²) in [6.07, 6.45) is 2.15. The van der Waals surface area contributed by atoms with Crippen molar-refractivity contribution in [2.24, 2.45) is 0 Å². The highest BCUT2D eigenvalue weighted by molar-refractivity contribution is 6.36. The molecule has 3 nitrogen and oxygen atoms in total. The van der Waals surface area contributed by atoms with Crippen molar-refractivity contribution in [1.29, 1.82) is 0 Å². The molecule has 0 saturated heterocycles. The molecule has 0 radical (unpaired) electrons. The molecule has 0 aliphatic heterocycles. The molecule has 21 heavy (non-hydrogen) atoms. The Kier molecular flexibility index (Phi) is 3.40. The summed E-state index contributed by atoms with van der Waals surface area (Å²) in [5.41, 5.74) is 2.57. The number of nitrogens with zero attached hydrogens (tertiary/aromatic N) is 1. The Hall–Kier alpha value is -2.68. The van der Waals surface area contributed by atoms with Crippen LogP contribution in [0, 0.1) is 0 Å². The van der Waals surface area contributed by atoms with Gasteiger partial charge in [0.25, 0.3) is 0 Å². The summed E-state index contributed by atoms with van der Waals surface area (Å²) in [7, 11) is 0. The van der Waals surface area contributed by atoms with Crippen molar-refractivity contribution in [2.75, 3.05) is 0 Å². The summed E-state index contributed by atoms with van der Waals surface area (Å²) in [5.74, 6) is -0.481. The molecule has 0 aliphatic rings. The molecule has 1 aromatic heterocycles. The second kappa shape index (κ2) is 5.37. The first kappa shape index (κ1) is 13.3. The van der Waals surface area contributed by atoms with Gasteiger partial charge in [0.2, 0.25) is 5.78 Å². The molecule has 0 aliphatic carbocycles. The van der Waals surface area contributed by atoms with E-state index in [-0.39, 0.29) is 6.04 Å². The first-order valence-electron chi connectivity index (χ1n) is 6.86. The Labute approximate surface area is 122 Å².